The van der Waals surface area contributed by atoms with E-state index in [2.05, 4.69) is 31.9 Å². The maximum atomic E-state index is 11.1. The van der Waals surface area contributed by atoms with Gasteiger partial charge >= 0.3 is 0 Å². The zero-order valence-corrected chi connectivity index (χ0v) is 11.5. The molecule has 0 aliphatic carbocycles. The summed E-state index contributed by atoms with van der Waals surface area (Å²) in [5.41, 5.74) is 1.92. The summed E-state index contributed by atoms with van der Waals surface area (Å²) in [6.45, 7) is 1.55. The molecular weight excluding hydrogens is 331 g/mol. The number of ketones is 1. The lowest BCUT2D eigenvalue weighted by Gasteiger charge is -2.08. The predicted molar refractivity (Wildman–Crippen MR) is 66.4 cm³/mol. The van der Waals surface area contributed by atoms with Crippen molar-refractivity contribution in [3.63, 3.8) is 0 Å². The monoisotopic (exact) mass is 338 g/mol. The van der Waals surface area contributed by atoms with Gasteiger partial charge in [0.15, 0.2) is 0 Å². The van der Waals surface area contributed by atoms with Gasteiger partial charge in [-0.25, -0.2) is 0 Å². The standard InChI is InChI=1S/C10H9Br2ClO/c1-6(14)10(12)7-2-3-8(5-11)9(13)4-7/h2-4,10H,5H2,1H3. The Labute approximate surface area is 105 Å². The van der Waals surface area contributed by atoms with Crippen molar-refractivity contribution in [2.75, 3.05) is 0 Å². The SMILES string of the molecule is CC(=O)C(Br)c1ccc(CBr)c(Cl)c1. The van der Waals surface area contributed by atoms with Crippen molar-refractivity contribution >= 4 is 49.2 Å². The maximum Gasteiger partial charge on any atom is 0.147 e. The van der Waals surface area contributed by atoms with Gasteiger partial charge in [0.2, 0.25) is 0 Å². The minimum absolute atomic E-state index is 0.0765. The molecular formula is C10H9Br2ClO. The number of benzene rings is 1. The lowest BCUT2D eigenvalue weighted by Crippen LogP contribution is -2.01. The largest absolute Gasteiger partial charge is 0.298 e. The van der Waals surface area contributed by atoms with Crippen LogP contribution in [0.25, 0.3) is 0 Å². The number of carbonyl (C=O) groups excluding carboxylic acids is 1. The molecule has 0 aromatic heterocycles. The van der Waals surface area contributed by atoms with E-state index in [9.17, 15) is 4.79 Å². The first-order valence-corrected chi connectivity index (χ1v) is 6.46. The Bertz CT molecular complexity index is 352. The predicted octanol–water partition coefficient (Wildman–Crippen LogP) is 4.26. The Morgan fingerprint density at radius 1 is 1.57 bits per heavy atom. The smallest absolute Gasteiger partial charge is 0.147 e. The number of hydrogen-bond acceptors (Lipinski definition) is 1. The van der Waals surface area contributed by atoms with E-state index >= 15 is 0 Å². The van der Waals surface area contributed by atoms with Crippen molar-refractivity contribution < 1.29 is 4.79 Å². The number of hydrogen-bond donors (Lipinski definition) is 0. The highest BCUT2D eigenvalue weighted by atomic mass is 79.9. The van der Waals surface area contributed by atoms with E-state index in [1.807, 2.05) is 18.2 Å². The van der Waals surface area contributed by atoms with Gasteiger partial charge in [0.25, 0.3) is 0 Å². The highest BCUT2D eigenvalue weighted by Crippen LogP contribution is 2.28. The van der Waals surface area contributed by atoms with Crippen molar-refractivity contribution in [2.45, 2.75) is 17.1 Å². The van der Waals surface area contributed by atoms with E-state index in [4.69, 9.17) is 11.6 Å². The zero-order valence-electron chi connectivity index (χ0n) is 7.56. The molecule has 0 aliphatic rings. The van der Waals surface area contributed by atoms with Gasteiger partial charge in [0, 0.05) is 10.4 Å². The average Bonchev–Trinajstić information content (AvgIpc) is 2.16. The third kappa shape index (κ3) is 2.81. The van der Waals surface area contributed by atoms with Crippen molar-refractivity contribution in [3.05, 3.63) is 34.3 Å². The lowest BCUT2D eigenvalue weighted by molar-refractivity contribution is -0.116. The second kappa shape index (κ2) is 5.29. The van der Waals surface area contributed by atoms with Crippen LogP contribution in [-0.4, -0.2) is 5.78 Å². The Hall–Kier alpha value is 0.140. The molecule has 0 radical (unpaired) electrons. The fourth-order valence-electron chi connectivity index (χ4n) is 1.06. The molecule has 76 valence electrons. The highest BCUT2D eigenvalue weighted by Gasteiger charge is 2.13. The number of carbonyl (C=O) groups is 1. The lowest BCUT2D eigenvalue weighted by atomic mass is 10.1. The molecule has 0 N–H and O–H groups in total. The summed E-state index contributed by atoms with van der Waals surface area (Å²) < 4.78 is 0. The molecule has 1 rings (SSSR count). The summed E-state index contributed by atoms with van der Waals surface area (Å²) in [7, 11) is 0. The number of Topliss-reactive ketones (excluding diaryl/α,β-unsaturated/α-hetero) is 1. The molecule has 1 nitrogen and oxygen atoms in total. The molecule has 4 heteroatoms. The van der Waals surface area contributed by atoms with Crippen LogP contribution in [0.15, 0.2) is 18.2 Å². The molecule has 1 aromatic carbocycles. The molecule has 0 spiro atoms. The first kappa shape index (κ1) is 12.2. The topological polar surface area (TPSA) is 17.1 Å². The normalized spacial score (nSPS) is 12.6. The van der Waals surface area contributed by atoms with E-state index in [0.717, 1.165) is 16.5 Å². The van der Waals surface area contributed by atoms with Crippen molar-refractivity contribution in [2.24, 2.45) is 0 Å². The Morgan fingerprint density at radius 3 is 2.64 bits per heavy atom. The molecule has 0 saturated carbocycles. The van der Waals surface area contributed by atoms with Crippen LogP contribution in [0.2, 0.25) is 5.02 Å². The van der Waals surface area contributed by atoms with Gasteiger partial charge in [0.1, 0.15) is 5.78 Å². The van der Waals surface area contributed by atoms with Crippen LogP contribution in [0, 0.1) is 0 Å². The minimum atomic E-state index is -0.260. The molecule has 0 aliphatic heterocycles. The molecule has 0 heterocycles. The minimum Gasteiger partial charge on any atom is -0.298 e. The molecule has 0 amide bonds. The van der Waals surface area contributed by atoms with Crippen LogP contribution in [-0.2, 0) is 10.1 Å². The van der Waals surface area contributed by atoms with Crippen molar-refractivity contribution in [1.82, 2.24) is 0 Å². The molecule has 0 bridgehead atoms. The van der Waals surface area contributed by atoms with Gasteiger partial charge < -0.3 is 0 Å². The average molecular weight is 340 g/mol. The summed E-state index contributed by atoms with van der Waals surface area (Å²) >= 11 is 12.7. The van der Waals surface area contributed by atoms with E-state index < -0.39 is 0 Å². The Kier molecular flexibility index (Phi) is 4.61. The van der Waals surface area contributed by atoms with Gasteiger partial charge in [-0.2, -0.15) is 0 Å². The van der Waals surface area contributed by atoms with Gasteiger partial charge in [-0.1, -0.05) is 55.6 Å². The van der Waals surface area contributed by atoms with Crippen LogP contribution >= 0.6 is 43.5 Å². The molecule has 0 saturated heterocycles. The van der Waals surface area contributed by atoms with Gasteiger partial charge in [-0.3, -0.25) is 4.79 Å². The van der Waals surface area contributed by atoms with Crippen molar-refractivity contribution in [1.29, 1.82) is 0 Å². The van der Waals surface area contributed by atoms with Crippen molar-refractivity contribution in [3.8, 4) is 0 Å². The second-order valence-electron chi connectivity index (χ2n) is 2.96. The van der Waals surface area contributed by atoms with Crippen LogP contribution in [0.5, 0.6) is 0 Å². The van der Waals surface area contributed by atoms with Crippen LogP contribution in [0.4, 0.5) is 0 Å². The summed E-state index contributed by atoms with van der Waals surface area (Å²) in [6.07, 6.45) is 0. The fourth-order valence-corrected chi connectivity index (χ4v) is 2.26. The third-order valence-electron chi connectivity index (χ3n) is 1.87. The van der Waals surface area contributed by atoms with Crippen LogP contribution in [0.3, 0.4) is 0 Å². The van der Waals surface area contributed by atoms with Crippen LogP contribution in [0.1, 0.15) is 22.9 Å². The summed E-state index contributed by atoms with van der Waals surface area (Å²) in [5.74, 6) is 0.0765. The molecule has 1 unspecified atom stereocenters. The third-order valence-corrected chi connectivity index (χ3v) is 4.00. The summed E-state index contributed by atoms with van der Waals surface area (Å²) in [6, 6.07) is 5.64. The van der Waals surface area contributed by atoms with Crippen LogP contribution < -0.4 is 0 Å². The Morgan fingerprint density at radius 2 is 2.21 bits per heavy atom. The number of rotatable bonds is 3. The summed E-state index contributed by atoms with van der Waals surface area (Å²) in [4.78, 5) is 10.9. The van der Waals surface area contributed by atoms with Gasteiger partial charge in [-0.15, -0.1) is 0 Å². The molecule has 1 atom stereocenters. The van der Waals surface area contributed by atoms with E-state index in [1.165, 1.54) is 0 Å². The van der Waals surface area contributed by atoms with Gasteiger partial charge in [-0.05, 0) is 24.1 Å². The van der Waals surface area contributed by atoms with E-state index in [-0.39, 0.29) is 10.6 Å². The Balaban J connectivity index is 3.02. The highest BCUT2D eigenvalue weighted by molar-refractivity contribution is 9.09. The first-order chi connectivity index (χ1) is 6.56. The molecule has 14 heavy (non-hydrogen) atoms. The quantitative estimate of drug-likeness (QED) is 0.752. The number of alkyl halides is 2. The second-order valence-corrected chi connectivity index (χ2v) is 4.84. The van der Waals surface area contributed by atoms with E-state index in [1.54, 1.807) is 6.92 Å². The number of halogens is 3. The molecule has 1 aromatic rings. The first-order valence-electron chi connectivity index (χ1n) is 4.05. The molecule has 0 fully saturated rings. The van der Waals surface area contributed by atoms with E-state index in [0.29, 0.717) is 5.02 Å². The zero-order chi connectivity index (χ0) is 10.7. The summed E-state index contributed by atoms with van der Waals surface area (Å²) in [5, 5.41) is 1.41. The fraction of sp³-hybridized carbons (Fsp3) is 0.300. The maximum absolute atomic E-state index is 11.1. The van der Waals surface area contributed by atoms with Gasteiger partial charge in [0.05, 0.1) is 4.83 Å².